The zero-order valence-corrected chi connectivity index (χ0v) is 16.6. The molecule has 24 heavy (non-hydrogen) atoms. The van der Waals surface area contributed by atoms with E-state index in [9.17, 15) is 4.79 Å². The summed E-state index contributed by atoms with van der Waals surface area (Å²) < 4.78 is 8.42. The van der Waals surface area contributed by atoms with E-state index in [1.54, 1.807) is 6.92 Å². The van der Waals surface area contributed by atoms with Gasteiger partial charge in [0.2, 0.25) is 0 Å². The van der Waals surface area contributed by atoms with Crippen LogP contribution in [0.3, 0.4) is 0 Å². The highest BCUT2D eigenvalue weighted by atomic mass is 79.9. The second-order valence-corrected chi connectivity index (χ2v) is 7.79. The molecule has 1 aromatic carbocycles. The molecule has 0 saturated heterocycles. The van der Waals surface area contributed by atoms with E-state index < -0.39 is 6.10 Å². The fourth-order valence-corrected chi connectivity index (χ4v) is 2.86. The molecule has 1 heterocycles. The summed E-state index contributed by atoms with van der Waals surface area (Å²) in [5.41, 5.74) is 1.76. The SMILES string of the molecule is Cc1ccc(OC(C)C(=O)Nc2cc(C)nn2C(C)(C)C)c(Br)c1. The van der Waals surface area contributed by atoms with Gasteiger partial charge in [-0.2, -0.15) is 5.10 Å². The van der Waals surface area contributed by atoms with Crippen LogP contribution in [0.25, 0.3) is 0 Å². The predicted molar refractivity (Wildman–Crippen MR) is 99.6 cm³/mol. The Labute approximate surface area is 151 Å². The van der Waals surface area contributed by atoms with Crippen molar-refractivity contribution in [3.63, 3.8) is 0 Å². The van der Waals surface area contributed by atoms with E-state index in [4.69, 9.17) is 4.74 Å². The Morgan fingerprint density at radius 1 is 1.29 bits per heavy atom. The molecule has 0 aliphatic heterocycles. The van der Waals surface area contributed by atoms with Gasteiger partial charge >= 0.3 is 0 Å². The van der Waals surface area contributed by atoms with Crippen molar-refractivity contribution in [1.29, 1.82) is 0 Å². The number of rotatable bonds is 4. The van der Waals surface area contributed by atoms with Crippen molar-refractivity contribution >= 4 is 27.7 Å². The number of aromatic nitrogens is 2. The summed E-state index contributed by atoms with van der Waals surface area (Å²) in [6.45, 7) is 11.8. The Morgan fingerprint density at radius 2 is 1.96 bits per heavy atom. The molecule has 2 aromatic rings. The number of carbonyl (C=O) groups is 1. The van der Waals surface area contributed by atoms with Gasteiger partial charge in [-0.05, 0) is 75.2 Å². The molecule has 2 rings (SSSR count). The highest BCUT2D eigenvalue weighted by Crippen LogP contribution is 2.27. The molecular weight excluding hydrogens is 370 g/mol. The molecule has 0 fully saturated rings. The minimum Gasteiger partial charge on any atom is -0.480 e. The normalized spacial score (nSPS) is 12.8. The molecule has 0 spiro atoms. The maximum atomic E-state index is 12.5. The molecule has 1 atom stereocenters. The fraction of sp³-hybridized carbons (Fsp3) is 0.444. The predicted octanol–water partition coefficient (Wildman–Crippen LogP) is 4.42. The molecule has 1 aromatic heterocycles. The Hall–Kier alpha value is -1.82. The second kappa shape index (κ2) is 6.97. The summed E-state index contributed by atoms with van der Waals surface area (Å²) in [5, 5.41) is 7.37. The third-order valence-corrected chi connectivity index (χ3v) is 4.10. The monoisotopic (exact) mass is 393 g/mol. The number of hydrogen-bond donors (Lipinski definition) is 1. The van der Waals surface area contributed by atoms with Gasteiger partial charge < -0.3 is 10.1 Å². The average Bonchev–Trinajstić information content (AvgIpc) is 2.82. The first-order valence-corrected chi connectivity index (χ1v) is 8.68. The molecule has 0 aliphatic rings. The summed E-state index contributed by atoms with van der Waals surface area (Å²) in [4.78, 5) is 12.5. The smallest absolute Gasteiger partial charge is 0.266 e. The van der Waals surface area contributed by atoms with Crippen molar-refractivity contribution in [3.05, 3.63) is 40.0 Å². The highest BCUT2D eigenvalue weighted by molar-refractivity contribution is 9.10. The van der Waals surface area contributed by atoms with Gasteiger partial charge in [-0.25, -0.2) is 4.68 Å². The van der Waals surface area contributed by atoms with Crippen LogP contribution in [0.5, 0.6) is 5.75 Å². The molecule has 0 bridgehead atoms. The van der Waals surface area contributed by atoms with Crippen molar-refractivity contribution in [2.75, 3.05) is 5.32 Å². The molecule has 130 valence electrons. The van der Waals surface area contributed by atoms with Gasteiger partial charge in [-0.3, -0.25) is 4.79 Å². The van der Waals surface area contributed by atoms with Gasteiger partial charge in [0.05, 0.1) is 15.7 Å². The first-order valence-electron chi connectivity index (χ1n) is 7.89. The average molecular weight is 394 g/mol. The van der Waals surface area contributed by atoms with Crippen molar-refractivity contribution in [3.8, 4) is 5.75 Å². The summed E-state index contributed by atoms with van der Waals surface area (Å²) in [6, 6.07) is 7.62. The number of carbonyl (C=O) groups excluding carboxylic acids is 1. The summed E-state index contributed by atoms with van der Waals surface area (Å²) >= 11 is 3.46. The van der Waals surface area contributed by atoms with Crippen molar-refractivity contribution < 1.29 is 9.53 Å². The van der Waals surface area contributed by atoms with Gasteiger partial charge in [0.25, 0.3) is 5.91 Å². The highest BCUT2D eigenvalue weighted by Gasteiger charge is 2.22. The summed E-state index contributed by atoms with van der Waals surface area (Å²) in [5.74, 6) is 1.10. The Balaban J connectivity index is 2.12. The molecule has 0 radical (unpaired) electrons. The first-order chi connectivity index (χ1) is 11.1. The molecule has 0 aliphatic carbocycles. The van der Waals surface area contributed by atoms with Crippen LogP contribution in [-0.2, 0) is 10.3 Å². The van der Waals surface area contributed by atoms with E-state index in [2.05, 4.69) is 26.3 Å². The zero-order chi connectivity index (χ0) is 18.1. The fourth-order valence-electron chi connectivity index (χ4n) is 2.27. The molecule has 1 unspecified atom stereocenters. The standard InChI is InChI=1S/C18H24BrN3O2/c1-11-7-8-15(14(19)9-11)24-13(3)17(23)20-16-10-12(2)21-22(16)18(4,5)6/h7-10,13H,1-6H3,(H,20,23). The minimum atomic E-state index is -0.632. The maximum Gasteiger partial charge on any atom is 0.266 e. The second-order valence-electron chi connectivity index (χ2n) is 6.94. The Kier molecular flexibility index (Phi) is 5.38. The molecule has 6 heteroatoms. The summed E-state index contributed by atoms with van der Waals surface area (Å²) in [6.07, 6.45) is -0.632. The van der Waals surface area contributed by atoms with Gasteiger partial charge in [-0.1, -0.05) is 6.07 Å². The van der Waals surface area contributed by atoms with Crippen LogP contribution in [0.15, 0.2) is 28.7 Å². The largest absolute Gasteiger partial charge is 0.480 e. The van der Waals surface area contributed by atoms with Crippen molar-refractivity contribution in [2.45, 2.75) is 53.2 Å². The number of ether oxygens (including phenoxy) is 1. The van der Waals surface area contributed by atoms with Gasteiger partial charge in [-0.15, -0.1) is 0 Å². The topological polar surface area (TPSA) is 56.1 Å². The molecule has 1 amide bonds. The number of hydrogen-bond acceptors (Lipinski definition) is 3. The van der Waals surface area contributed by atoms with Crippen LogP contribution < -0.4 is 10.1 Å². The summed E-state index contributed by atoms with van der Waals surface area (Å²) in [7, 11) is 0. The Bertz CT molecular complexity index is 747. The van der Waals surface area contributed by atoms with E-state index in [0.717, 1.165) is 15.7 Å². The van der Waals surface area contributed by atoms with Crippen LogP contribution in [0.4, 0.5) is 5.82 Å². The van der Waals surface area contributed by atoms with E-state index >= 15 is 0 Å². The number of nitrogens with one attached hydrogen (secondary N) is 1. The van der Waals surface area contributed by atoms with Gasteiger partial charge in [0.15, 0.2) is 6.10 Å². The van der Waals surface area contributed by atoms with Crippen molar-refractivity contribution in [1.82, 2.24) is 9.78 Å². The van der Waals surface area contributed by atoms with Gasteiger partial charge in [0.1, 0.15) is 11.6 Å². The quantitative estimate of drug-likeness (QED) is 0.835. The lowest BCUT2D eigenvalue weighted by Gasteiger charge is -2.23. The van der Waals surface area contributed by atoms with Crippen LogP contribution >= 0.6 is 15.9 Å². The lowest BCUT2D eigenvalue weighted by atomic mass is 10.1. The van der Waals surface area contributed by atoms with E-state index in [-0.39, 0.29) is 11.4 Å². The van der Waals surface area contributed by atoms with Gasteiger partial charge in [0, 0.05) is 6.07 Å². The number of nitrogens with zero attached hydrogens (tertiary/aromatic N) is 2. The number of aryl methyl sites for hydroxylation is 2. The lowest BCUT2D eigenvalue weighted by Crippen LogP contribution is -2.33. The Morgan fingerprint density at radius 3 is 2.54 bits per heavy atom. The first kappa shape index (κ1) is 18.5. The zero-order valence-electron chi connectivity index (χ0n) is 15.0. The van der Waals surface area contributed by atoms with Crippen LogP contribution in [-0.4, -0.2) is 21.8 Å². The number of benzene rings is 1. The van der Waals surface area contributed by atoms with Crippen LogP contribution in [0.1, 0.15) is 39.0 Å². The van der Waals surface area contributed by atoms with Crippen LogP contribution in [0, 0.1) is 13.8 Å². The molecular formula is C18H24BrN3O2. The third kappa shape index (κ3) is 4.38. The minimum absolute atomic E-state index is 0.215. The van der Waals surface area contributed by atoms with E-state index in [1.165, 1.54) is 0 Å². The number of amides is 1. The van der Waals surface area contributed by atoms with Crippen molar-refractivity contribution in [2.24, 2.45) is 0 Å². The molecule has 0 saturated carbocycles. The number of halogens is 1. The lowest BCUT2D eigenvalue weighted by molar-refractivity contribution is -0.122. The number of anilines is 1. The van der Waals surface area contributed by atoms with E-state index in [0.29, 0.717) is 11.6 Å². The van der Waals surface area contributed by atoms with E-state index in [1.807, 2.05) is 63.6 Å². The molecule has 5 nitrogen and oxygen atoms in total. The maximum absolute atomic E-state index is 12.5. The molecule has 1 N–H and O–H groups in total. The van der Waals surface area contributed by atoms with Crippen LogP contribution in [0.2, 0.25) is 0 Å². The third-order valence-electron chi connectivity index (χ3n) is 3.48.